The number of ether oxygens (including phenoxy) is 1. The second-order valence-corrected chi connectivity index (χ2v) is 9.83. The van der Waals surface area contributed by atoms with Crippen molar-refractivity contribution >= 4 is 29.2 Å². The van der Waals surface area contributed by atoms with Crippen molar-refractivity contribution in [2.75, 3.05) is 18.5 Å². The highest BCUT2D eigenvalue weighted by Gasteiger charge is 2.19. The summed E-state index contributed by atoms with van der Waals surface area (Å²) in [5.41, 5.74) is 10.5. The average molecular weight is 500 g/mol. The van der Waals surface area contributed by atoms with Crippen molar-refractivity contribution in [3.8, 4) is 17.1 Å². The number of anilines is 2. The molecule has 2 aromatic carbocycles. The highest BCUT2D eigenvalue weighted by molar-refractivity contribution is 6.08. The predicted octanol–water partition coefficient (Wildman–Crippen LogP) is 3.78. The molecule has 37 heavy (non-hydrogen) atoms. The summed E-state index contributed by atoms with van der Waals surface area (Å²) in [6.45, 7) is 7.24. The molecule has 3 aromatic rings. The molecule has 0 radical (unpaired) electrons. The van der Waals surface area contributed by atoms with Crippen LogP contribution in [0, 0.1) is 5.41 Å². The van der Waals surface area contributed by atoms with Crippen LogP contribution in [-0.4, -0.2) is 40.8 Å². The number of hydrogen-bond donors (Lipinski definition) is 5. The number of aromatic nitrogens is 2. The van der Waals surface area contributed by atoms with Crippen LogP contribution in [0.5, 0.6) is 5.75 Å². The van der Waals surface area contributed by atoms with Gasteiger partial charge in [-0.3, -0.25) is 4.79 Å². The molecule has 0 saturated carbocycles. The van der Waals surface area contributed by atoms with E-state index in [1.807, 2.05) is 69.3 Å². The third kappa shape index (κ3) is 6.71. The van der Waals surface area contributed by atoms with Crippen molar-refractivity contribution in [2.45, 2.75) is 39.3 Å². The molecule has 9 nitrogen and oxygen atoms in total. The minimum Gasteiger partial charge on any atom is -0.484 e. The van der Waals surface area contributed by atoms with Crippen LogP contribution >= 0.6 is 0 Å². The fourth-order valence-corrected chi connectivity index (χ4v) is 4.01. The fraction of sp³-hybridized carbons (Fsp3) is 0.286. The summed E-state index contributed by atoms with van der Waals surface area (Å²) in [5, 5.41) is 17.2. The summed E-state index contributed by atoms with van der Waals surface area (Å²) in [6, 6.07) is 15.2. The minimum absolute atomic E-state index is 0.0702. The number of amides is 1. The zero-order valence-electron chi connectivity index (χ0n) is 21.4. The standard InChI is InChI=1S/C28H33N7O2/c1-28(2,3)35-25(36)17-37-22-6-4-5-19(13-22)26-33-24-11-12-31-16-23(24)27(34-26)32-21-9-7-18(8-10-21)20(14-29)15-30/h4-10,13-15,29,31H,11-12,16-17,30H2,1-3H3,(H,35,36)(H,32,33,34)/b20-15+,29-14?. The molecule has 4 rings (SSSR count). The van der Waals surface area contributed by atoms with Crippen molar-refractivity contribution in [3.05, 3.63) is 71.6 Å². The first-order chi connectivity index (χ1) is 17.8. The van der Waals surface area contributed by atoms with E-state index in [0.717, 1.165) is 46.9 Å². The van der Waals surface area contributed by atoms with Gasteiger partial charge in [-0.2, -0.15) is 0 Å². The molecule has 0 atom stereocenters. The van der Waals surface area contributed by atoms with Crippen molar-refractivity contribution in [2.24, 2.45) is 5.73 Å². The second kappa shape index (κ2) is 11.2. The maximum atomic E-state index is 12.2. The Labute approximate surface area is 217 Å². The first-order valence-corrected chi connectivity index (χ1v) is 12.2. The number of fused-ring (bicyclic) bond motifs is 1. The lowest BCUT2D eigenvalue weighted by Crippen LogP contribution is -2.43. The highest BCUT2D eigenvalue weighted by Crippen LogP contribution is 2.29. The molecule has 0 spiro atoms. The summed E-state index contributed by atoms with van der Waals surface area (Å²) in [7, 11) is 0. The van der Waals surface area contributed by atoms with Crippen LogP contribution in [0.2, 0.25) is 0 Å². The Morgan fingerprint density at radius 1 is 1.19 bits per heavy atom. The fourth-order valence-electron chi connectivity index (χ4n) is 4.01. The van der Waals surface area contributed by atoms with Crippen LogP contribution in [0.4, 0.5) is 11.5 Å². The van der Waals surface area contributed by atoms with E-state index >= 15 is 0 Å². The minimum atomic E-state index is -0.318. The van der Waals surface area contributed by atoms with E-state index in [2.05, 4.69) is 16.0 Å². The van der Waals surface area contributed by atoms with Gasteiger partial charge >= 0.3 is 0 Å². The predicted molar refractivity (Wildman–Crippen MR) is 147 cm³/mol. The molecule has 0 saturated heterocycles. The van der Waals surface area contributed by atoms with Crippen LogP contribution in [0.15, 0.2) is 54.7 Å². The zero-order valence-corrected chi connectivity index (χ0v) is 21.4. The van der Waals surface area contributed by atoms with Gasteiger partial charge in [0.05, 0.1) is 5.69 Å². The lowest BCUT2D eigenvalue weighted by atomic mass is 10.1. The van der Waals surface area contributed by atoms with Gasteiger partial charge in [-0.15, -0.1) is 0 Å². The largest absolute Gasteiger partial charge is 0.484 e. The summed E-state index contributed by atoms with van der Waals surface area (Å²) < 4.78 is 5.74. The second-order valence-electron chi connectivity index (χ2n) is 9.83. The molecule has 1 aromatic heterocycles. The molecule has 0 fully saturated rings. The van der Waals surface area contributed by atoms with E-state index in [9.17, 15) is 4.79 Å². The number of nitrogens with zero attached hydrogens (tertiary/aromatic N) is 2. The normalized spacial score (nSPS) is 13.4. The van der Waals surface area contributed by atoms with Gasteiger partial charge in [0.15, 0.2) is 12.4 Å². The molecule has 0 aliphatic carbocycles. The average Bonchev–Trinajstić information content (AvgIpc) is 2.88. The molecule has 6 N–H and O–H groups in total. The topological polar surface area (TPSA) is 138 Å². The van der Waals surface area contributed by atoms with E-state index in [-0.39, 0.29) is 18.1 Å². The van der Waals surface area contributed by atoms with Gasteiger partial charge in [-0.1, -0.05) is 24.3 Å². The van der Waals surface area contributed by atoms with E-state index in [1.165, 1.54) is 12.4 Å². The maximum Gasteiger partial charge on any atom is 0.258 e. The summed E-state index contributed by atoms with van der Waals surface area (Å²) in [5.74, 6) is 1.71. The number of rotatable bonds is 8. The van der Waals surface area contributed by atoms with E-state index in [0.29, 0.717) is 23.7 Å². The first kappa shape index (κ1) is 25.8. The Balaban J connectivity index is 1.58. The van der Waals surface area contributed by atoms with Gasteiger partial charge in [-0.05, 0) is 50.6 Å². The molecular weight excluding hydrogens is 466 g/mol. The van der Waals surface area contributed by atoms with Crippen LogP contribution in [0.3, 0.4) is 0 Å². The number of hydrogen-bond acceptors (Lipinski definition) is 8. The number of carbonyl (C=O) groups is 1. The lowest BCUT2D eigenvalue weighted by Gasteiger charge is -2.21. The SMILES string of the molecule is CC(C)(C)NC(=O)COc1cccc(-c2nc3c(c(Nc4ccc(/C(C=N)=C/N)cc4)n2)CNCC3)c1. The third-order valence-corrected chi connectivity index (χ3v) is 5.73. The molecule has 1 aliphatic rings. The zero-order chi connectivity index (χ0) is 26.4. The molecule has 0 bridgehead atoms. The van der Waals surface area contributed by atoms with Gasteiger partial charge in [0.2, 0.25) is 0 Å². The number of allylic oxidation sites excluding steroid dienone is 1. The lowest BCUT2D eigenvalue weighted by molar-refractivity contribution is -0.124. The highest BCUT2D eigenvalue weighted by atomic mass is 16.5. The van der Waals surface area contributed by atoms with Crippen LogP contribution < -0.4 is 26.4 Å². The smallest absolute Gasteiger partial charge is 0.258 e. The number of nitrogens with two attached hydrogens (primary N) is 1. The summed E-state index contributed by atoms with van der Waals surface area (Å²) >= 11 is 0. The van der Waals surface area contributed by atoms with E-state index in [1.54, 1.807) is 0 Å². The summed E-state index contributed by atoms with van der Waals surface area (Å²) in [4.78, 5) is 21.9. The van der Waals surface area contributed by atoms with Crippen molar-refractivity contribution in [1.82, 2.24) is 20.6 Å². The van der Waals surface area contributed by atoms with E-state index in [4.69, 9.17) is 25.8 Å². The molecule has 1 amide bonds. The quantitative estimate of drug-likeness (QED) is 0.297. The van der Waals surface area contributed by atoms with Crippen molar-refractivity contribution in [1.29, 1.82) is 5.41 Å². The third-order valence-electron chi connectivity index (χ3n) is 5.73. The number of nitrogens with one attached hydrogen (secondary N) is 4. The number of benzene rings is 2. The van der Waals surface area contributed by atoms with Gasteiger partial charge in [0.1, 0.15) is 11.6 Å². The Morgan fingerprint density at radius 3 is 2.68 bits per heavy atom. The first-order valence-electron chi connectivity index (χ1n) is 12.2. The van der Waals surface area contributed by atoms with Gasteiger partial charge in [0, 0.05) is 59.9 Å². The molecule has 2 heterocycles. The Morgan fingerprint density at radius 2 is 1.97 bits per heavy atom. The van der Waals surface area contributed by atoms with Gasteiger partial charge < -0.3 is 31.8 Å². The van der Waals surface area contributed by atoms with Crippen LogP contribution in [0.25, 0.3) is 17.0 Å². The Bertz CT molecular complexity index is 1310. The number of carbonyl (C=O) groups excluding carboxylic acids is 1. The monoisotopic (exact) mass is 499 g/mol. The van der Waals surface area contributed by atoms with Crippen molar-refractivity contribution in [3.63, 3.8) is 0 Å². The molecule has 9 heteroatoms. The van der Waals surface area contributed by atoms with Crippen molar-refractivity contribution < 1.29 is 9.53 Å². The molecule has 0 unspecified atom stereocenters. The van der Waals surface area contributed by atoms with Gasteiger partial charge in [-0.25, -0.2) is 9.97 Å². The molecular formula is C28H33N7O2. The van der Waals surface area contributed by atoms with Gasteiger partial charge in [0.25, 0.3) is 5.91 Å². The Kier molecular flexibility index (Phi) is 7.83. The van der Waals surface area contributed by atoms with Crippen LogP contribution in [0.1, 0.15) is 37.6 Å². The molecule has 192 valence electrons. The Hall–Kier alpha value is -4.24. The summed E-state index contributed by atoms with van der Waals surface area (Å²) in [6.07, 6.45) is 3.45. The van der Waals surface area contributed by atoms with E-state index < -0.39 is 0 Å². The molecule has 1 aliphatic heterocycles. The maximum absolute atomic E-state index is 12.2. The van der Waals surface area contributed by atoms with Crippen LogP contribution in [-0.2, 0) is 17.8 Å².